The molecule has 0 saturated carbocycles. The van der Waals surface area contributed by atoms with Crippen molar-refractivity contribution in [2.24, 2.45) is 0 Å². The summed E-state index contributed by atoms with van der Waals surface area (Å²) in [7, 11) is 0. The first-order valence-corrected chi connectivity index (χ1v) is 9.04. The minimum Gasteiger partial charge on any atom is -0.327 e. The number of hydrogen-bond acceptors (Lipinski definition) is 3. The first-order valence-electron chi connectivity index (χ1n) is 9.04. The molecule has 1 aliphatic heterocycles. The third-order valence-corrected chi connectivity index (χ3v) is 4.85. The fourth-order valence-corrected chi connectivity index (χ4v) is 3.58. The van der Waals surface area contributed by atoms with Crippen molar-refractivity contribution in [2.45, 2.75) is 52.1 Å². The molecule has 6 nitrogen and oxygen atoms in total. The summed E-state index contributed by atoms with van der Waals surface area (Å²) in [5, 5.41) is 3.03. The van der Waals surface area contributed by atoms with Crippen molar-refractivity contribution >= 4 is 22.8 Å². The molecular weight excluding hydrogens is 314 g/mol. The van der Waals surface area contributed by atoms with Crippen LogP contribution in [-0.2, 0) is 30.7 Å². The van der Waals surface area contributed by atoms with Gasteiger partial charge in [0.25, 0.3) is 0 Å². The Hall–Kier alpha value is -2.63. The van der Waals surface area contributed by atoms with Gasteiger partial charge in [-0.2, -0.15) is 0 Å². The SMILES string of the molecule is CCc1nc2ccccc2n1CCC(=O)Nc1cnc2n1CCCC2. The summed E-state index contributed by atoms with van der Waals surface area (Å²) < 4.78 is 4.28. The minimum atomic E-state index is 0.0214. The van der Waals surface area contributed by atoms with Gasteiger partial charge in [-0.15, -0.1) is 0 Å². The predicted octanol–water partition coefficient (Wildman–Crippen LogP) is 3.16. The Morgan fingerprint density at radius 1 is 1.28 bits per heavy atom. The number of amides is 1. The van der Waals surface area contributed by atoms with Gasteiger partial charge >= 0.3 is 0 Å². The lowest BCUT2D eigenvalue weighted by Gasteiger charge is -2.16. The van der Waals surface area contributed by atoms with Gasteiger partial charge in [0, 0.05) is 32.4 Å². The van der Waals surface area contributed by atoms with Crippen LogP contribution in [0.1, 0.15) is 37.8 Å². The van der Waals surface area contributed by atoms with Crippen LogP contribution in [0.5, 0.6) is 0 Å². The van der Waals surface area contributed by atoms with Crippen molar-refractivity contribution in [3.05, 3.63) is 42.1 Å². The van der Waals surface area contributed by atoms with Gasteiger partial charge in [-0.25, -0.2) is 9.97 Å². The van der Waals surface area contributed by atoms with Crippen molar-refractivity contribution in [3.63, 3.8) is 0 Å². The Kier molecular flexibility index (Phi) is 4.26. The number of fused-ring (bicyclic) bond motifs is 2. The summed E-state index contributed by atoms with van der Waals surface area (Å²) in [6, 6.07) is 8.09. The highest BCUT2D eigenvalue weighted by atomic mass is 16.1. The highest BCUT2D eigenvalue weighted by Gasteiger charge is 2.16. The normalized spacial score (nSPS) is 13.8. The van der Waals surface area contributed by atoms with E-state index in [2.05, 4.69) is 37.4 Å². The molecule has 0 fully saturated rings. The van der Waals surface area contributed by atoms with Crippen LogP contribution in [0.3, 0.4) is 0 Å². The quantitative estimate of drug-likeness (QED) is 0.778. The fourth-order valence-electron chi connectivity index (χ4n) is 3.58. The summed E-state index contributed by atoms with van der Waals surface area (Å²) >= 11 is 0. The number of aromatic nitrogens is 4. The lowest BCUT2D eigenvalue weighted by atomic mass is 10.2. The van der Waals surface area contributed by atoms with Gasteiger partial charge in [-0.3, -0.25) is 4.79 Å². The highest BCUT2D eigenvalue weighted by Crippen LogP contribution is 2.20. The van der Waals surface area contributed by atoms with Crippen molar-refractivity contribution < 1.29 is 4.79 Å². The molecule has 3 aromatic rings. The number of rotatable bonds is 5. The minimum absolute atomic E-state index is 0.0214. The number of carbonyl (C=O) groups excluding carboxylic acids is 1. The maximum Gasteiger partial charge on any atom is 0.227 e. The second-order valence-electron chi connectivity index (χ2n) is 6.49. The number of imidazole rings is 2. The number of nitrogens with zero attached hydrogens (tertiary/aromatic N) is 4. The number of hydrogen-bond donors (Lipinski definition) is 1. The average Bonchev–Trinajstić information content (AvgIpc) is 3.21. The molecule has 0 radical (unpaired) electrons. The zero-order valence-electron chi connectivity index (χ0n) is 14.5. The topological polar surface area (TPSA) is 64.7 Å². The Balaban J connectivity index is 1.47. The van der Waals surface area contributed by atoms with Crippen LogP contribution in [0, 0.1) is 0 Å². The maximum absolute atomic E-state index is 12.4. The summed E-state index contributed by atoms with van der Waals surface area (Å²) in [5.41, 5.74) is 2.08. The molecule has 0 bridgehead atoms. The second-order valence-corrected chi connectivity index (χ2v) is 6.49. The van der Waals surface area contributed by atoms with E-state index in [4.69, 9.17) is 0 Å². The van der Waals surface area contributed by atoms with E-state index in [1.54, 1.807) is 6.20 Å². The van der Waals surface area contributed by atoms with Crippen molar-refractivity contribution in [3.8, 4) is 0 Å². The monoisotopic (exact) mass is 337 g/mol. The maximum atomic E-state index is 12.4. The Morgan fingerprint density at radius 3 is 3.04 bits per heavy atom. The summed E-state index contributed by atoms with van der Waals surface area (Å²) in [4.78, 5) is 21.5. The Labute approximate surface area is 146 Å². The number of anilines is 1. The van der Waals surface area contributed by atoms with E-state index in [1.807, 2.05) is 18.2 Å². The van der Waals surface area contributed by atoms with Crippen LogP contribution in [0.2, 0.25) is 0 Å². The molecular formula is C19H23N5O. The van der Waals surface area contributed by atoms with E-state index in [0.29, 0.717) is 13.0 Å². The van der Waals surface area contributed by atoms with Crippen LogP contribution >= 0.6 is 0 Å². The molecule has 4 rings (SSSR count). The lowest BCUT2D eigenvalue weighted by Crippen LogP contribution is -2.19. The lowest BCUT2D eigenvalue weighted by molar-refractivity contribution is -0.116. The van der Waals surface area contributed by atoms with Gasteiger partial charge in [-0.05, 0) is 25.0 Å². The Bertz CT molecular complexity index is 908. The molecule has 1 amide bonds. The van der Waals surface area contributed by atoms with Gasteiger partial charge in [0.15, 0.2) is 0 Å². The van der Waals surface area contributed by atoms with E-state index >= 15 is 0 Å². The van der Waals surface area contributed by atoms with E-state index < -0.39 is 0 Å². The molecule has 1 N–H and O–H groups in total. The molecule has 130 valence electrons. The molecule has 1 aromatic carbocycles. The number of nitrogens with one attached hydrogen (secondary N) is 1. The van der Waals surface area contributed by atoms with Crippen LogP contribution in [-0.4, -0.2) is 25.0 Å². The highest BCUT2D eigenvalue weighted by molar-refractivity contribution is 5.90. The average molecular weight is 337 g/mol. The van der Waals surface area contributed by atoms with Crippen molar-refractivity contribution in [1.82, 2.24) is 19.1 Å². The first-order chi connectivity index (χ1) is 12.3. The predicted molar refractivity (Wildman–Crippen MR) is 97.5 cm³/mol. The van der Waals surface area contributed by atoms with Gasteiger partial charge in [-0.1, -0.05) is 19.1 Å². The van der Waals surface area contributed by atoms with Crippen LogP contribution < -0.4 is 5.32 Å². The molecule has 0 atom stereocenters. The molecule has 6 heteroatoms. The summed E-state index contributed by atoms with van der Waals surface area (Å²) in [6.45, 7) is 3.67. The molecule has 1 aliphatic rings. The summed E-state index contributed by atoms with van der Waals surface area (Å²) in [5.74, 6) is 2.95. The van der Waals surface area contributed by atoms with E-state index in [9.17, 15) is 4.79 Å². The number of para-hydroxylation sites is 2. The number of carbonyl (C=O) groups is 1. The number of benzene rings is 1. The number of aryl methyl sites for hydroxylation is 3. The smallest absolute Gasteiger partial charge is 0.227 e. The Morgan fingerprint density at radius 2 is 2.16 bits per heavy atom. The largest absolute Gasteiger partial charge is 0.327 e. The third kappa shape index (κ3) is 3.04. The molecule has 3 heterocycles. The first kappa shape index (κ1) is 15.9. The van der Waals surface area contributed by atoms with Gasteiger partial charge < -0.3 is 14.5 Å². The molecule has 0 spiro atoms. The van der Waals surface area contributed by atoms with Crippen LogP contribution in [0.4, 0.5) is 5.82 Å². The van der Waals surface area contributed by atoms with Crippen molar-refractivity contribution in [1.29, 1.82) is 0 Å². The fraction of sp³-hybridized carbons (Fsp3) is 0.421. The van der Waals surface area contributed by atoms with E-state index in [0.717, 1.165) is 54.3 Å². The van der Waals surface area contributed by atoms with Crippen molar-refractivity contribution in [2.75, 3.05) is 5.32 Å². The standard InChI is InChI=1S/C19H23N5O/c1-2-16-21-14-7-3-4-8-15(14)23(16)12-10-19(25)22-18-13-20-17-9-5-6-11-24(17)18/h3-4,7-8,13H,2,5-6,9-12H2,1H3,(H,22,25). The zero-order chi connectivity index (χ0) is 17.2. The second kappa shape index (κ2) is 6.70. The third-order valence-electron chi connectivity index (χ3n) is 4.85. The zero-order valence-corrected chi connectivity index (χ0v) is 14.5. The summed E-state index contributed by atoms with van der Waals surface area (Å²) in [6.07, 6.45) is 6.38. The van der Waals surface area contributed by atoms with E-state index in [1.165, 1.54) is 6.42 Å². The van der Waals surface area contributed by atoms with Gasteiger partial charge in [0.2, 0.25) is 5.91 Å². The van der Waals surface area contributed by atoms with Gasteiger partial charge in [0.05, 0.1) is 17.2 Å². The van der Waals surface area contributed by atoms with Crippen LogP contribution in [0.15, 0.2) is 30.5 Å². The molecule has 2 aromatic heterocycles. The molecule has 25 heavy (non-hydrogen) atoms. The molecule has 0 aliphatic carbocycles. The molecule has 0 saturated heterocycles. The van der Waals surface area contributed by atoms with Gasteiger partial charge in [0.1, 0.15) is 17.5 Å². The van der Waals surface area contributed by atoms with Crippen LogP contribution in [0.25, 0.3) is 11.0 Å². The molecule has 0 unspecified atom stereocenters. The van der Waals surface area contributed by atoms with E-state index in [-0.39, 0.29) is 5.91 Å².